The number of carboxylic acid groups (broad SMARTS) is 1. The number of hydrogen-bond acceptors (Lipinski definition) is 6. The van der Waals surface area contributed by atoms with Gasteiger partial charge in [0.2, 0.25) is 0 Å². The van der Waals surface area contributed by atoms with Gasteiger partial charge in [0.05, 0.1) is 0 Å². The molecule has 1 atom stereocenters. The van der Waals surface area contributed by atoms with Crippen LogP contribution in [0.15, 0.2) is 36.7 Å². The van der Waals surface area contributed by atoms with Gasteiger partial charge in [-0.2, -0.15) is 0 Å². The monoisotopic (exact) mass is 390 g/mol. The van der Waals surface area contributed by atoms with Gasteiger partial charge in [-0.3, -0.25) is 9.59 Å². The zero-order valence-electron chi connectivity index (χ0n) is 15.0. The molecule has 0 saturated carbocycles. The molecule has 0 fully saturated rings. The smallest absolute Gasteiger partial charge is 0.326 e. The Morgan fingerprint density at radius 3 is 2.29 bits per heavy atom. The molecule has 0 aliphatic carbocycles. The van der Waals surface area contributed by atoms with Gasteiger partial charge in [-0.1, -0.05) is 12.1 Å². The third-order valence-corrected chi connectivity index (χ3v) is 3.71. The minimum atomic E-state index is -1.24. The van der Waals surface area contributed by atoms with Crippen LogP contribution in [0, 0.1) is 5.82 Å². The summed E-state index contributed by atoms with van der Waals surface area (Å²) in [5.74, 6) is -3.16. The molecule has 0 saturated heterocycles. The van der Waals surface area contributed by atoms with E-state index in [1.54, 1.807) is 0 Å². The molecule has 1 heterocycles. The largest absolute Gasteiger partial charge is 0.480 e. The fraction of sp³-hybridized carbons (Fsp3) is 0.278. The SMILES string of the molecule is COCCC(NC(=O)c1nccnc1C(=O)NCc1ccc(F)cc1)C(=O)O. The zero-order valence-corrected chi connectivity index (χ0v) is 15.0. The summed E-state index contributed by atoms with van der Waals surface area (Å²) in [6, 6.07) is 4.33. The quantitative estimate of drug-likeness (QED) is 0.576. The number of aromatic nitrogens is 2. The first kappa shape index (κ1) is 20.9. The second kappa shape index (κ2) is 10.1. The van der Waals surface area contributed by atoms with Crippen LogP contribution in [0.25, 0.3) is 0 Å². The summed E-state index contributed by atoms with van der Waals surface area (Å²) in [5.41, 5.74) is 0.0934. The molecule has 0 radical (unpaired) electrons. The molecule has 0 spiro atoms. The third-order valence-electron chi connectivity index (χ3n) is 3.71. The highest BCUT2D eigenvalue weighted by molar-refractivity contribution is 6.05. The Balaban J connectivity index is 2.09. The van der Waals surface area contributed by atoms with Crippen LogP contribution in [0.3, 0.4) is 0 Å². The van der Waals surface area contributed by atoms with E-state index in [9.17, 15) is 23.9 Å². The fourth-order valence-electron chi connectivity index (χ4n) is 2.26. The number of nitrogens with one attached hydrogen (secondary N) is 2. The van der Waals surface area contributed by atoms with E-state index in [1.807, 2.05) is 0 Å². The van der Waals surface area contributed by atoms with Crippen molar-refractivity contribution in [2.75, 3.05) is 13.7 Å². The fourth-order valence-corrected chi connectivity index (χ4v) is 2.26. The average molecular weight is 390 g/mol. The van der Waals surface area contributed by atoms with E-state index in [2.05, 4.69) is 20.6 Å². The molecule has 10 heteroatoms. The number of benzene rings is 1. The summed E-state index contributed by atoms with van der Waals surface area (Å²) in [4.78, 5) is 43.8. The van der Waals surface area contributed by atoms with Crippen LogP contribution in [0.4, 0.5) is 4.39 Å². The second-order valence-electron chi connectivity index (χ2n) is 5.71. The van der Waals surface area contributed by atoms with Gasteiger partial charge < -0.3 is 20.5 Å². The Morgan fingerprint density at radius 1 is 1.11 bits per heavy atom. The highest BCUT2D eigenvalue weighted by Crippen LogP contribution is 2.06. The normalized spacial score (nSPS) is 11.5. The number of carbonyl (C=O) groups excluding carboxylic acids is 2. The summed E-state index contributed by atoms with van der Waals surface area (Å²) < 4.78 is 17.8. The molecular formula is C18H19FN4O5. The number of nitrogens with zero attached hydrogens (tertiary/aromatic N) is 2. The molecule has 1 unspecified atom stereocenters. The van der Waals surface area contributed by atoms with Gasteiger partial charge in [0.1, 0.15) is 11.9 Å². The van der Waals surface area contributed by atoms with Crippen LogP contribution >= 0.6 is 0 Å². The lowest BCUT2D eigenvalue weighted by molar-refractivity contribution is -0.139. The summed E-state index contributed by atoms with van der Waals surface area (Å²) >= 11 is 0. The predicted octanol–water partition coefficient (Wildman–Crippen LogP) is 0.765. The first-order chi connectivity index (χ1) is 13.4. The van der Waals surface area contributed by atoms with Crippen LogP contribution in [-0.2, 0) is 16.1 Å². The number of carbonyl (C=O) groups is 3. The summed E-state index contributed by atoms with van der Waals surface area (Å²) in [7, 11) is 1.41. The van der Waals surface area contributed by atoms with Crippen molar-refractivity contribution in [2.24, 2.45) is 0 Å². The maximum Gasteiger partial charge on any atom is 0.326 e. The molecule has 28 heavy (non-hydrogen) atoms. The Morgan fingerprint density at radius 2 is 1.71 bits per heavy atom. The van der Waals surface area contributed by atoms with Gasteiger partial charge in [0, 0.05) is 39.1 Å². The van der Waals surface area contributed by atoms with Gasteiger partial charge in [-0.15, -0.1) is 0 Å². The number of rotatable bonds is 9. The number of aliphatic carboxylic acids is 1. The van der Waals surface area contributed by atoms with E-state index in [-0.39, 0.29) is 31.0 Å². The molecule has 148 valence electrons. The van der Waals surface area contributed by atoms with Crippen LogP contribution in [0.1, 0.15) is 33.0 Å². The molecule has 1 aromatic heterocycles. The molecule has 3 N–H and O–H groups in total. The van der Waals surface area contributed by atoms with E-state index >= 15 is 0 Å². The number of ether oxygens (including phenoxy) is 1. The Hall–Kier alpha value is -3.40. The van der Waals surface area contributed by atoms with Gasteiger partial charge in [0.25, 0.3) is 11.8 Å². The predicted molar refractivity (Wildman–Crippen MR) is 95.0 cm³/mol. The molecule has 0 aliphatic rings. The van der Waals surface area contributed by atoms with E-state index in [0.29, 0.717) is 5.56 Å². The second-order valence-corrected chi connectivity index (χ2v) is 5.71. The molecule has 2 rings (SSSR count). The van der Waals surface area contributed by atoms with Crippen LogP contribution in [0.5, 0.6) is 0 Å². The molecule has 2 amide bonds. The highest BCUT2D eigenvalue weighted by Gasteiger charge is 2.25. The van der Waals surface area contributed by atoms with Crippen LogP contribution in [0.2, 0.25) is 0 Å². The molecule has 1 aromatic carbocycles. The molecule has 0 bridgehead atoms. The van der Waals surface area contributed by atoms with E-state index in [1.165, 1.54) is 43.8 Å². The maximum absolute atomic E-state index is 12.9. The average Bonchev–Trinajstić information content (AvgIpc) is 2.70. The Labute approximate surface area is 160 Å². The lowest BCUT2D eigenvalue weighted by Gasteiger charge is -2.14. The number of amides is 2. The minimum Gasteiger partial charge on any atom is -0.480 e. The van der Waals surface area contributed by atoms with Crippen molar-refractivity contribution < 1.29 is 28.6 Å². The molecule has 0 aliphatic heterocycles. The standard InChI is InChI=1S/C18H19FN4O5/c1-28-9-6-13(18(26)27)23-17(25)15-14(20-7-8-21-15)16(24)22-10-11-2-4-12(19)5-3-11/h2-5,7-8,13H,6,9-10H2,1H3,(H,22,24)(H,23,25)(H,26,27). The van der Waals surface area contributed by atoms with E-state index in [4.69, 9.17) is 4.74 Å². The Kier molecular flexibility index (Phi) is 7.52. The zero-order chi connectivity index (χ0) is 20.5. The molecule has 9 nitrogen and oxygen atoms in total. The lowest BCUT2D eigenvalue weighted by atomic mass is 10.2. The lowest BCUT2D eigenvalue weighted by Crippen LogP contribution is -2.42. The van der Waals surface area contributed by atoms with Crippen molar-refractivity contribution in [3.63, 3.8) is 0 Å². The van der Waals surface area contributed by atoms with Gasteiger partial charge in [-0.05, 0) is 17.7 Å². The van der Waals surface area contributed by atoms with Gasteiger partial charge in [-0.25, -0.2) is 19.2 Å². The topological polar surface area (TPSA) is 131 Å². The number of hydrogen-bond donors (Lipinski definition) is 3. The van der Waals surface area contributed by atoms with Gasteiger partial charge in [0.15, 0.2) is 11.4 Å². The number of methoxy groups -OCH3 is 1. The van der Waals surface area contributed by atoms with Crippen molar-refractivity contribution in [2.45, 2.75) is 19.0 Å². The molecule has 2 aromatic rings. The third kappa shape index (κ3) is 5.81. The number of carboxylic acids is 1. The minimum absolute atomic E-state index is 0.0456. The summed E-state index contributed by atoms with van der Waals surface area (Å²) in [6.45, 7) is 0.213. The first-order valence-corrected chi connectivity index (χ1v) is 8.28. The summed E-state index contributed by atoms with van der Waals surface area (Å²) in [6.07, 6.45) is 2.50. The highest BCUT2D eigenvalue weighted by atomic mass is 19.1. The van der Waals surface area contributed by atoms with E-state index in [0.717, 1.165) is 0 Å². The van der Waals surface area contributed by atoms with Crippen LogP contribution in [-0.4, -0.2) is 52.6 Å². The molecular weight excluding hydrogens is 371 g/mol. The first-order valence-electron chi connectivity index (χ1n) is 8.28. The van der Waals surface area contributed by atoms with Crippen molar-refractivity contribution in [3.8, 4) is 0 Å². The Bertz CT molecular complexity index is 844. The maximum atomic E-state index is 12.9. The summed E-state index contributed by atoms with van der Waals surface area (Å²) in [5, 5.41) is 14.1. The van der Waals surface area contributed by atoms with Gasteiger partial charge >= 0.3 is 5.97 Å². The van der Waals surface area contributed by atoms with Crippen molar-refractivity contribution in [1.82, 2.24) is 20.6 Å². The van der Waals surface area contributed by atoms with E-state index < -0.39 is 29.6 Å². The number of halogens is 1. The van der Waals surface area contributed by atoms with Crippen molar-refractivity contribution in [3.05, 3.63) is 59.4 Å². The van der Waals surface area contributed by atoms with Crippen molar-refractivity contribution >= 4 is 17.8 Å². The van der Waals surface area contributed by atoms with Crippen LogP contribution < -0.4 is 10.6 Å². The van der Waals surface area contributed by atoms with Crippen molar-refractivity contribution in [1.29, 1.82) is 0 Å².